The van der Waals surface area contributed by atoms with Crippen LogP contribution < -0.4 is 10.6 Å². The quantitative estimate of drug-likeness (QED) is 0.423. The first-order valence-electron chi connectivity index (χ1n) is 9.05. The number of epoxide rings is 1. The van der Waals surface area contributed by atoms with Gasteiger partial charge < -0.3 is 15.0 Å². The van der Waals surface area contributed by atoms with E-state index in [-0.39, 0.29) is 11.6 Å². The van der Waals surface area contributed by atoms with Gasteiger partial charge in [-0.1, -0.05) is 23.1 Å². The summed E-state index contributed by atoms with van der Waals surface area (Å²) < 4.78 is 6.38. The second-order valence-electron chi connectivity index (χ2n) is 6.80. The molecule has 0 bridgehead atoms. The zero-order chi connectivity index (χ0) is 19.4. The number of rotatable bonds is 6. The van der Waals surface area contributed by atoms with Crippen LogP contribution in [-0.4, -0.2) is 58.7 Å². The van der Waals surface area contributed by atoms with Gasteiger partial charge in [0.1, 0.15) is 0 Å². The Hall–Kier alpha value is -2.19. The summed E-state index contributed by atoms with van der Waals surface area (Å²) in [6.07, 6.45) is 2.28. The highest BCUT2D eigenvalue weighted by molar-refractivity contribution is 8.01. The minimum Gasteiger partial charge on any atom is -0.369 e. The van der Waals surface area contributed by atoms with E-state index in [1.807, 2.05) is 6.07 Å². The first kappa shape index (κ1) is 19.1. The monoisotopic (exact) mass is 416 g/mol. The van der Waals surface area contributed by atoms with Gasteiger partial charge in [0.05, 0.1) is 23.8 Å². The van der Waals surface area contributed by atoms with E-state index in [4.69, 9.17) is 10.00 Å². The highest BCUT2D eigenvalue weighted by Gasteiger charge is 2.46. The fourth-order valence-corrected chi connectivity index (χ4v) is 4.86. The molecule has 2 aliphatic rings. The smallest absolute Gasteiger partial charge is 0.325 e. The third kappa shape index (κ3) is 4.99. The van der Waals surface area contributed by atoms with E-state index in [0.29, 0.717) is 16.4 Å². The summed E-state index contributed by atoms with van der Waals surface area (Å²) in [5.41, 5.74) is 1.37. The molecule has 28 heavy (non-hydrogen) atoms. The average molecular weight is 417 g/mol. The van der Waals surface area contributed by atoms with Crippen molar-refractivity contribution < 1.29 is 9.53 Å². The van der Waals surface area contributed by atoms with E-state index in [2.05, 4.69) is 25.7 Å². The van der Waals surface area contributed by atoms with Gasteiger partial charge in [-0.2, -0.15) is 5.26 Å². The summed E-state index contributed by atoms with van der Waals surface area (Å²) >= 11 is 3.02. The molecule has 0 aliphatic carbocycles. The Morgan fingerprint density at radius 3 is 2.71 bits per heavy atom. The number of nitrogens with zero attached hydrogens (tertiary/aromatic N) is 4. The number of anilines is 2. The predicted molar refractivity (Wildman–Crippen MR) is 109 cm³/mol. The highest BCUT2D eigenvalue weighted by atomic mass is 32.2. The summed E-state index contributed by atoms with van der Waals surface area (Å²) in [6, 6.07) is 8.30. The van der Waals surface area contributed by atoms with Crippen LogP contribution in [0.1, 0.15) is 18.4 Å². The molecule has 146 valence electrons. The Bertz CT molecular complexity index is 865. The van der Waals surface area contributed by atoms with Crippen LogP contribution in [0, 0.1) is 11.3 Å². The first-order valence-corrected chi connectivity index (χ1v) is 10.9. The molecule has 0 unspecified atom stereocenters. The Labute approximate surface area is 171 Å². The first-order chi connectivity index (χ1) is 13.6. The van der Waals surface area contributed by atoms with Gasteiger partial charge >= 0.3 is 6.03 Å². The molecule has 2 N–H and O–H groups in total. The number of likely N-dealkylation sites (tertiary alicyclic amines) is 1. The van der Waals surface area contributed by atoms with Crippen molar-refractivity contribution in [2.24, 2.45) is 0 Å². The zero-order valence-corrected chi connectivity index (χ0v) is 16.8. The molecule has 2 aliphatic heterocycles. The molecule has 1 aromatic heterocycles. The van der Waals surface area contributed by atoms with Gasteiger partial charge in [0.15, 0.2) is 4.34 Å². The van der Waals surface area contributed by atoms with Gasteiger partial charge in [-0.15, -0.1) is 10.2 Å². The van der Waals surface area contributed by atoms with Crippen molar-refractivity contribution in [2.45, 2.75) is 22.8 Å². The molecule has 1 aromatic carbocycles. The molecule has 2 fully saturated rings. The third-order valence-corrected chi connectivity index (χ3v) is 6.80. The van der Waals surface area contributed by atoms with E-state index >= 15 is 0 Å². The van der Waals surface area contributed by atoms with E-state index < -0.39 is 0 Å². The normalized spacial score (nSPS) is 17.8. The lowest BCUT2D eigenvalue weighted by Gasteiger charge is -2.29. The van der Waals surface area contributed by atoms with Crippen LogP contribution in [0.5, 0.6) is 0 Å². The molecule has 3 heterocycles. The number of ether oxygens (including phenoxy) is 1. The van der Waals surface area contributed by atoms with Gasteiger partial charge in [0.25, 0.3) is 0 Å². The topological polar surface area (TPSA) is 106 Å². The lowest BCUT2D eigenvalue weighted by Crippen LogP contribution is -2.38. The minimum absolute atomic E-state index is 0.224. The van der Waals surface area contributed by atoms with Crippen molar-refractivity contribution in [3.63, 3.8) is 0 Å². The van der Waals surface area contributed by atoms with Crippen LogP contribution in [0.2, 0.25) is 0 Å². The molecule has 10 heteroatoms. The summed E-state index contributed by atoms with van der Waals surface area (Å²) in [6.45, 7) is 4.15. The zero-order valence-electron chi connectivity index (χ0n) is 15.2. The molecular weight excluding hydrogens is 396 g/mol. The summed E-state index contributed by atoms with van der Waals surface area (Å²) in [5.74, 6) is 0.944. The van der Waals surface area contributed by atoms with Crippen molar-refractivity contribution in [1.82, 2.24) is 15.1 Å². The van der Waals surface area contributed by atoms with Crippen LogP contribution in [-0.2, 0) is 4.74 Å². The Kier molecular flexibility index (Phi) is 5.77. The van der Waals surface area contributed by atoms with Gasteiger partial charge in [-0.25, -0.2) is 4.79 Å². The molecule has 0 radical (unpaired) electrons. The summed E-state index contributed by atoms with van der Waals surface area (Å²) in [4.78, 5) is 14.5. The van der Waals surface area contributed by atoms with Crippen molar-refractivity contribution in [3.05, 3.63) is 29.8 Å². The lowest BCUT2D eigenvalue weighted by atomic mass is 9.98. The number of carbonyl (C=O) groups excluding carboxylic acids is 1. The van der Waals surface area contributed by atoms with Crippen LogP contribution in [0.3, 0.4) is 0 Å². The number of carbonyl (C=O) groups is 1. The molecule has 0 saturated carbocycles. The molecule has 2 saturated heterocycles. The standard InChI is InChI=1S/C18H20N6O2S2/c19-11-13-1-3-14(4-2-13)20-15(25)21-16-22-23-17(28-16)27-10-9-24-7-5-18(6-8-24)12-26-18/h1-4H,5-10,12H2,(H2,20,21,22,25). The number of piperidine rings is 1. The molecule has 4 rings (SSSR count). The van der Waals surface area contributed by atoms with Gasteiger partial charge in [0, 0.05) is 31.1 Å². The number of nitrogens with one attached hydrogen (secondary N) is 2. The number of urea groups is 1. The van der Waals surface area contributed by atoms with E-state index in [0.717, 1.165) is 49.2 Å². The number of aromatic nitrogens is 2. The van der Waals surface area contributed by atoms with Crippen LogP contribution in [0.25, 0.3) is 0 Å². The average Bonchev–Trinajstić information content (AvgIpc) is 3.32. The summed E-state index contributed by atoms with van der Waals surface area (Å²) in [7, 11) is 0. The minimum atomic E-state index is -0.387. The maximum Gasteiger partial charge on any atom is 0.325 e. The van der Waals surface area contributed by atoms with Crippen LogP contribution >= 0.6 is 23.1 Å². The van der Waals surface area contributed by atoms with E-state index in [1.165, 1.54) is 11.3 Å². The van der Waals surface area contributed by atoms with Crippen molar-refractivity contribution >= 4 is 39.9 Å². The largest absolute Gasteiger partial charge is 0.369 e. The van der Waals surface area contributed by atoms with Gasteiger partial charge in [0.2, 0.25) is 5.13 Å². The maximum atomic E-state index is 12.1. The third-order valence-electron chi connectivity index (χ3n) is 4.85. The number of benzene rings is 1. The van der Waals surface area contributed by atoms with Crippen LogP contribution in [0.4, 0.5) is 15.6 Å². The van der Waals surface area contributed by atoms with Crippen LogP contribution in [0.15, 0.2) is 28.6 Å². The number of hydrogen-bond acceptors (Lipinski definition) is 8. The number of amides is 2. The number of hydrogen-bond donors (Lipinski definition) is 2. The van der Waals surface area contributed by atoms with Gasteiger partial charge in [-0.3, -0.25) is 5.32 Å². The number of nitriles is 1. The fourth-order valence-electron chi connectivity index (χ4n) is 3.04. The second-order valence-corrected chi connectivity index (χ2v) is 9.12. The SMILES string of the molecule is N#Cc1ccc(NC(=O)Nc2nnc(SCCN3CCC4(CC3)CO4)s2)cc1. The molecule has 8 nitrogen and oxygen atoms in total. The maximum absolute atomic E-state index is 12.1. The molecule has 2 aromatic rings. The van der Waals surface area contributed by atoms with E-state index in [1.54, 1.807) is 36.0 Å². The van der Waals surface area contributed by atoms with Crippen molar-refractivity contribution in [2.75, 3.05) is 42.6 Å². The fraction of sp³-hybridized carbons (Fsp3) is 0.444. The molecule has 0 atom stereocenters. The highest BCUT2D eigenvalue weighted by Crippen LogP contribution is 2.37. The second kappa shape index (κ2) is 8.45. The Morgan fingerprint density at radius 2 is 2.04 bits per heavy atom. The van der Waals surface area contributed by atoms with Crippen molar-refractivity contribution in [3.8, 4) is 6.07 Å². The van der Waals surface area contributed by atoms with E-state index in [9.17, 15) is 4.79 Å². The Balaban J connectivity index is 1.18. The lowest BCUT2D eigenvalue weighted by molar-refractivity contribution is 0.153. The van der Waals surface area contributed by atoms with Crippen molar-refractivity contribution in [1.29, 1.82) is 5.26 Å². The molecular formula is C18H20N6O2S2. The molecule has 2 amide bonds. The molecule has 1 spiro atoms. The predicted octanol–water partition coefficient (Wildman–Crippen LogP) is 3.01. The number of thioether (sulfide) groups is 1. The Morgan fingerprint density at radius 1 is 1.29 bits per heavy atom. The summed E-state index contributed by atoms with van der Waals surface area (Å²) in [5, 5.41) is 22.8. The van der Waals surface area contributed by atoms with Gasteiger partial charge in [-0.05, 0) is 37.1 Å².